The van der Waals surface area contributed by atoms with Crippen LogP contribution in [0.1, 0.15) is 46.1 Å². The van der Waals surface area contributed by atoms with Crippen molar-refractivity contribution >= 4 is 45.8 Å². The van der Waals surface area contributed by atoms with E-state index in [2.05, 4.69) is 5.32 Å². The number of anilines is 2. The van der Waals surface area contributed by atoms with Gasteiger partial charge in [0.05, 0.1) is 18.1 Å². The van der Waals surface area contributed by atoms with E-state index in [1.165, 1.54) is 11.3 Å². The van der Waals surface area contributed by atoms with Gasteiger partial charge in [-0.25, -0.2) is 4.79 Å². The zero-order valence-electron chi connectivity index (χ0n) is 18.6. The Morgan fingerprint density at radius 3 is 2.64 bits per heavy atom. The van der Waals surface area contributed by atoms with Crippen LogP contribution in [0.2, 0.25) is 0 Å². The Labute approximate surface area is 195 Å². The maximum atomic E-state index is 12.5. The Hall–Kier alpha value is -3.20. The fraction of sp³-hybridized carbons (Fsp3) is 0.417. The van der Waals surface area contributed by atoms with Crippen molar-refractivity contribution in [1.29, 1.82) is 0 Å². The van der Waals surface area contributed by atoms with Crippen molar-refractivity contribution in [2.24, 2.45) is 5.92 Å². The molecule has 4 rings (SSSR count). The predicted octanol–water partition coefficient (Wildman–Crippen LogP) is 3.26. The van der Waals surface area contributed by atoms with Crippen LogP contribution in [0.3, 0.4) is 0 Å². The molecular weight excluding hydrogens is 444 g/mol. The van der Waals surface area contributed by atoms with Gasteiger partial charge in [0.15, 0.2) is 6.61 Å². The van der Waals surface area contributed by atoms with Gasteiger partial charge in [0.2, 0.25) is 5.91 Å². The maximum Gasteiger partial charge on any atom is 0.341 e. The van der Waals surface area contributed by atoms with Crippen molar-refractivity contribution in [3.8, 4) is 0 Å². The van der Waals surface area contributed by atoms with Crippen LogP contribution < -0.4 is 10.2 Å². The second kappa shape index (κ2) is 9.74. The highest BCUT2D eigenvalue weighted by Crippen LogP contribution is 2.39. The van der Waals surface area contributed by atoms with E-state index >= 15 is 0 Å². The summed E-state index contributed by atoms with van der Waals surface area (Å²) in [4.78, 5) is 52.4. The van der Waals surface area contributed by atoms with E-state index in [4.69, 9.17) is 9.47 Å². The number of aryl methyl sites for hydroxylation is 2. The number of fused-ring (bicyclic) bond motifs is 1. The molecule has 0 spiro atoms. The first-order valence-electron chi connectivity index (χ1n) is 11.0. The van der Waals surface area contributed by atoms with E-state index in [0.717, 1.165) is 41.0 Å². The first kappa shape index (κ1) is 23.0. The number of hydrogen-bond donors (Lipinski definition) is 1. The van der Waals surface area contributed by atoms with E-state index < -0.39 is 30.4 Å². The number of esters is 2. The molecule has 0 bridgehead atoms. The molecule has 2 amide bonds. The van der Waals surface area contributed by atoms with Gasteiger partial charge in [-0.3, -0.25) is 14.4 Å². The molecule has 1 aliphatic carbocycles. The molecular formula is C24H26N2O6S. The minimum atomic E-state index is -0.632. The molecule has 174 valence electrons. The van der Waals surface area contributed by atoms with Crippen molar-refractivity contribution in [1.82, 2.24) is 0 Å². The molecule has 8 nitrogen and oxygen atoms in total. The van der Waals surface area contributed by atoms with Crippen LogP contribution in [0.4, 0.5) is 10.7 Å². The first-order valence-corrected chi connectivity index (χ1v) is 11.8. The number of hydrogen-bond acceptors (Lipinski definition) is 7. The van der Waals surface area contributed by atoms with E-state index in [0.29, 0.717) is 10.6 Å². The number of benzene rings is 1. The fourth-order valence-corrected chi connectivity index (χ4v) is 5.46. The van der Waals surface area contributed by atoms with Gasteiger partial charge < -0.3 is 19.7 Å². The fourth-order valence-electron chi connectivity index (χ4n) is 4.17. The number of carbonyl (C=O) groups is 4. The molecule has 1 atom stereocenters. The summed E-state index contributed by atoms with van der Waals surface area (Å²) in [6.45, 7) is 3.66. The number of ether oxygens (including phenoxy) is 2. The summed E-state index contributed by atoms with van der Waals surface area (Å²) in [5.41, 5.74) is 3.15. The molecule has 1 aliphatic heterocycles. The third kappa shape index (κ3) is 4.93. The molecule has 1 aromatic carbocycles. The summed E-state index contributed by atoms with van der Waals surface area (Å²) in [6.07, 6.45) is 2.65. The average Bonchev–Trinajstić information content (AvgIpc) is 3.47. The first-order chi connectivity index (χ1) is 15.9. The quantitative estimate of drug-likeness (QED) is 0.624. The zero-order chi connectivity index (χ0) is 23.5. The highest BCUT2D eigenvalue weighted by Gasteiger charge is 2.36. The Bertz CT molecular complexity index is 1090. The summed E-state index contributed by atoms with van der Waals surface area (Å²) in [7, 11) is 0. The summed E-state index contributed by atoms with van der Waals surface area (Å²) >= 11 is 1.37. The number of amides is 2. The van der Waals surface area contributed by atoms with Gasteiger partial charge in [0.1, 0.15) is 5.00 Å². The van der Waals surface area contributed by atoms with Crippen LogP contribution in [0.25, 0.3) is 0 Å². The Morgan fingerprint density at radius 1 is 1.15 bits per heavy atom. The standard InChI is InChI=1S/C24H26N2O6S/c1-3-31-24(30)21-17-5-4-6-18(17)33-22(21)25-19(27)13-32-23(29)15-11-20(28)26(12-15)16-9-7-14(2)8-10-16/h7-10,15H,3-6,11-13H2,1-2H3,(H,25,27). The van der Waals surface area contributed by atoms with E-state index in [1.54, 1.807) is 11.8 Å². The highest BCUT2D eigenvalue weighted by atomic mass is 32.1. The van der Waals surface area contributed by atoms with Crippen molar-refractivity contribution < 1.29 is 28.7 Å². The molecule has 1 unspecified atom stereocenters. The van der Waals surface area contributed by atoms with E-state index in [9.17, 15) is 19.2 Å². The lowest BCUT2D eigenvalue weighted by atomic mass is 10.1. The SMILES string of the molecule is CCOC(=O)c1c(NC(=O)COC(=O)C2CC(=O)N(c3ccc(C)cc3)C2)sc2c1CCC2. The second-order valence-corrected chi connectivity index (χ2v) is 9.28. The van der Waals surface area contributed by atoms with Crippen LogP contribution in [0.5, 0.6) is 0 Å². The number of rotatable bonds is 7. The lowest BCUT2D eigenvalue weighted by molar-refractivity contribution is -0.151. The molecule has 1 fully saturated rings. The van der Waals surface area contributed by atoms with E-state index in [1.807, 2.05) is 31.2 Å². The lowest BCUT2D eigenvalue weighted by Crippen LogP contribution is -2.28. The summed E-state index contributed by atoms with van der Waals surface area (Å²) < 4.78 is 10.4. The highest BCUT2D eigenvalue weighted by molar-refractivity contribution is 7.17. The van der Waals surface area contributed by atoms with Crippen LogP contribution in [-0.2, 0) is 36.7 Å². The van der Waals surface area contributed by atoms with Gasteiger partial charge >= 0.3 is 11.9 Å². The number of nitrogens with zero attached hydrogens (tertiary/aromatic N) is 1. The molecule has 9 heteroatoms. The number of carbonyl (C=O) groups excluding carboxylic acids is 4. The predicted molar refractivity (Wildman–Crippen MR) is 124 cm³/mol. The minimum Gasteiger partial charge on any atom is -0.462 e. The van der Waals surface area contributed by atoms with Crippen LogP contribution in [0, 0.1) is 12.8 Å². The molecule has 1 saturated heterocycles. The minimum absolute atomic E-state index is 0.0407. The van der Waals surface area contributed by atoms with Crippen molar-refractivity contribution in [3.05, 3.63) is 45.8 Å². The molecule has 2 aromatic rings. The zero-order valence-corrected chi connectivity index (χ0v) is 19.5. The summed E-state index contributed by atoms with van der Waals surface area (Å²) in [5.74, 6) is -2.37. The normalized spacial score (nSPS) is 17.1. The van der Waals surface area contributed by atoms with Gasteiger partial charge in [-0.05, 0) is 50.8 Å². The maximum absolute atomic E-state index is 12.5. The van der Waals surface area contributed by atoms with Gasteiger partial charge in [-0.2, -0.15) is 0 Å². The molecule has 0 saturated carbocycles. The Kier molecular flexibility index (Phi) is 6.78. The largest absolute Gasteiger partial charge is 0.462 e. The summed E-state index contributed by atoms with van der Waals surface area (Å²) in [6, 6.07) is 7.50. The van der Waals surface area contributed by atoms with Gasteiger partial charge in [0.25, 0.3) is 5.91 Å². The topological polar surface area (TPSA) is 102 Å². The third-order valence-corrected chi connectivity index (χ3v) is 7.01. The van der Waals surface area contributed by atoms with Crippen molar-refractivity contribution in [3.63, 3.8) is 0 Å². The molecule has 33 heavy (non-hydrogen) atoms. The smallest absolute Gasteiger partial charge is 0.341 e. The Morgan fingerprint density at radius 2 is 1.91 bits per heavy atom. The van der Waals surface area contributed by atoms with Crippen molar-refractivity contribution in [2.75, 3.05) is 30.0 Å². The van der Waals surface area contributed by atoms with Crippen LogP contribution >= 0.6 is 11.3 Å². The molecule has 1 aromatic heterocycles. The van der Waals surface area contributed by atoms with Crippen LogP contribution in [-0.4, -0.2) is 43.5 Å². The molecule has 2 aliphatic rings. The number of nitrogens with one attached hydrogen (secondary N) is 1. The van der Waals surface area contributed by atoms with Gasteiger partial charge in [-0.1, -0.05) is 17.7 Å². The van der Waals surface area contributed by atoms with Gasteiger partial charge in [-0.15, -0.1) is 11.3 Å². The van der Waals surface area contributed by atoms with Crippen molar-refractivity contribution in [2.45, 2.75) is 39.5 Å². The third-order valence-electron chi connectivity index (χ3n) is 5.80. The Balaban J connectivity index is 1.34. The lowest BCUT2D eigenvalue weighted by Gasteiger charge is -2.16. The van der Waals surface area contributed by atoms with Gasteiger partial charge in [0, 0.05) is 23.5 Å². The molecule has 2 heterocycles. The molecule has 0 radical (unpaired) electrons. The summed E-state index contributed by atoms with van der Waals surface area (Å²) in [5, 5.41) is 3.13. The van der Waals surface area contributed by atoms with E-state index in [-0.39, 0.29) is 25.5 Å². The number of thiophene rings is 1. The second-order valence-electron chi connectivity index (χ2n) is 8.18. The monoisotopic (exact) mass is 470 g/mol. The van der Waals surface area contributed by atoms with Crippen LogP contribution in [0.15, 0.2) is 24.3 Å². The average molecular weight is 471 g/mol. The molecule has 1 N–H and O–H groups in total.